The lowest BCUT2D eigenvalue weighted by molar-refractivity contribution is 0.0694. The van der Waals surface area contributed by atoms with Gasteiger partial charge in [-0.1, -0.05) is 30.3 Å². The predicted molar refractivity (Wildman–Crippen MR) is 90.2 cm³/mol. The lowest BCUT2D eigenvalue weighted by Crippen LogP contribution is -2.35. The number of aromatic nitrogens is 1. The first-order valence-electron chi connectivity index (χ1n) is 8.08. The van der Waals surface area contributed by atoms with Crippen molar-refractivity contribution in [2.24, 2.45) is 5.92 Å². The van der Waals surface area contributed by atoms with Gasteiger partial charge in [-0.3, -0.25) is 4.79 Å². The number of carboxylic acids is 1. The molecule has 1 aromatic carbocycles. The number of nitrogens with one attached hydrogen (secondary N) is 1. The third-order valence-electron chi connectivity index (χ3n) is 4.61. The summed E-state index contributed by atoms with van der Waals surface area (Å²) >= 11 is 0. The van der Waals surface area contributed by atoms with Crippen LogP contribution in [0.3, 0.4) is 0 Å². The number of benzene rings is 1. The van der Waals surface area contributed by atoms with Crippen LogP contribution in [-0.4, -0.2) is 28.5 Å². The van der Waals surface area contributed by atoms with E-state index in [4.69, 9.17) is 5.11 Å². The van der Waals surface area contributed by atoms with Gasteiger partial charge in [-0.05, 0) is 49.3 Å². The van der Waals surface area contributed by atoms with Crippen LogP contribution in [0, 0.1) is 12.8 Å². The SMILES string of the molecule is Cc1nc(C(=O)NCC2CC(c3ccccc3)C2)ccc1C(=O)O. The van der Waals surface area contributed by atoms with Gasteiger partial charge in [0.05, 0.1) is 11.3 Å². The van der Waals surface area contributed by atoms with Crippen LogP contribution in [0.2, 0.25) is 0 Å². The highest BCUT2D eigenvalue weighted by molar-refractivity contribution is 5.94. The van der Waals surface area contributed by atoms with Gasteiger partial charge in [-0.25, -0.2) is 9.78 Å². The molecule has 5 nitrogen and oxygen atoms in total. The molecule has 0 aliphatic heterocycles. The van der Waals surface area contributed by atoms with Gasteiger partial charge in [0.15, 0.2) is 0 Å². The Morgan fingerprint density at radius 3 is 2.50 bits per heavy atom. The van der Waals surface area contributed by atoms with Gasteiger partial charge >= 0.3 is 5.97 Å². The topological polar surface area (TPSA) is 79.3 Å². The average Bonchev–Trinajstić information content (AvgIpc) is 2.53. The average molecular weight is 324 g/mol. The van der Waals surface area contributed by atoms with E-state index in [1.165, 1.54) is 17.7 Å². The molecule has 5 heteroatoms. The maximum Gasteiger partial charge on any atom is 0.337 e. The van der Waals surface area contributed by atoms with Crippen molar-refractivity contribution < 1.29 is 14.7 Å². The monoisotopic (exact) mass is 324 g/mol. The van der Waals surface area contributed by atoms with Crippen LogP contribution in [0.5, 0.6) is 0 Å². The molecule has 0 radical (unpaired) electrons. The summed E-state index contributed by atoms with van der Waals surface area (Å²) in [6, 6.07) is 13.3. The van der Waals surface area contributed by atoms with Crippen molar-refractivity contribution in [1.29, 1.82) is 0 Å². The van der Waals surface area contributed by atoms with Crippen LogP contribution in [0.1, 0.15) is 50.9 Å². The number of amides is 1. The van der Waals surface area contributed by atoms with Crippen LogP contribution in [-0.2, 0) is 0 Å². The zero-order valence-corrected chi connectivity index (χ0v) is 13.5. The quantitative estimate of drug-likeness (QED) is 0.886. The molecule has 1 heterocycles. The summed E-state index contributed by atoms with van der Waals surface area (Å²) in [6.07, 6.45) is 2.16. The lowest BCUT2D eigenvalue weighted by Gasteiger charge is -2.35. The molecule has 2 N–H and O–H groups in total. The Labute approximate surface area is 140 Å². The molecule has 1 aromatic heterocycles. The second-order valence-electron chi connectivity index (χ2n) is 6.29. The number of hydrogen-bond acceptors (Lipinski definition) is 3. The Bertz CT molecular complexity index is 752. The summed E-state index contributed by atoms with van der Waals surface area (Å²) in [5.74, 6) is -0.214. The minimum absolute atomic E-state index is 0.122. The molecule has 124 valence electrons. The van der Waals surface area contributed by atoms with E-state index in [0.29, 0.717) is 24.1 Å². The highest BCUT2D eigenvalue weighted by Gasteiger charge is 2.30. The maximum atomic E-state index is 12.2. The van der Waals surface area contributed by atoms with E-state index in [2.05, 4.69) is 34.6 Å². The Hall–Kier alpha value is -2.69. The molecule has 0 atom stereocenters. The Balaban J connectivity index is 1.50. The van der Waals surface area contributed by atoms with Crippen LogP contribution in [0.4, 0.5) is 0 Å². The van der Waals surface area contributed by atoms with Gasteiger partial charge in [0.1, 0.15) is 5.69 Å². The van der Waals surface area contributed by atoms with Gasteiger partial charge in [0.25, 0.3) is 5.91 Å². The van der Waals surface area contributed by atoms with Crippen molar-refractivity contribution in [2.75, 3.05) is 6.54 Å². The fraction of sp³-hybridized carbons (Fsp3) is 0.316. The molecule has 2 aromatic rings. The molecule has 3 rings (SSSR count). The van der Waals surface area contributed by atoms with Crippen LogP contribution >= 0.6 is 0 Å². The first-order chi connectivity index (χ1) is 11.5. The predicted octanol–water partition coefficient (Wildman–Crippen LogP) is 3.01. The zero-order chi connectivity index (χ0) is 17.1. The molecule has 1 saturated carbocycles. The summed E-state index contributed by atoms with van der Waals surface area (Å²) in [7, 11) is 0. The number of pyridine rings is 1. The third kappa shape index (κ3) is 3.45. The van der Waals surface area contributed by atoms with Crippen molar-refractivity contribution in [3.63, 3.8) is 0 Å². The first kappa shape index (κ1) is 16.2. The highest BCUT2D eigenvalue weighted by Crippen LogP contribution is 2.40. The molecule has 1 fully saturated rings. The first-order valence-corrected chi connectivity index (χ1v) is 8.08. The van der Waals surface area contributed by atoms with E-state index in [9.17, 15) is 9.59 Å². The lowest BCUT2D eigenvalue weighted by atomic mass is 9.71. The van der Waals surface area contributed by atoms with Crippen molar-refractivity contribution >= 4 is 11.9 Å². The summed E-state index contributed by atoms with van der Waals surface area (Å²) in [4.78, 5) is 27.2. The normalized spacial score (nSPS) is 19.4. The molecular formula is C19H20N2O3. The Morgan fingerprint density at radius 2 is 1.88 bits per heavy atom. The van der Waals surface area contributed by atoms with E-state index in [-0.39, 0.29) is 17.2 Å². The number of aromatic carboxylic acids is 1. The van der Waals surface area contributed by atoms with Crippen molar-refractivity contribution in [1.82, 2.24) is 10.3 Å². The van der Waals surface area contributed by atoms with E-state index < -0.39 is 5.97 Å². The second-order valence-corrected chi connectivity index (χ2v) is 6.29. The Kier molecular flexibility index (Phi) is 4.60. The minimum atomic E-state index is -1.03. The largest absolute Gasteiger partial charge is 0.478 e. The maximum absolute atomic E-state index is 12.2. The molecule has 1 aliphatic carbocycles. The molecule has 24 heavy (non-hydrogen) atoms. The van der Waals surface area contributed by atoms with Gasteiger partial charge in [-0.15, -0.1) is 0 Å². The van der Waals surface area contributed by atoms with E-state index >= 15 is 0 Å². The summed E-state index contributed by atoms with van der Waals surface area (Å²) < 4.78 is 0. The second kappa shape index (κ2) is 6.83. The van der Waals surface area contributed by atoms with E-state index in [1.54, 1.807) is 6.92 Å². The highest BCUT2D eigenvalue weighted by atomic mass is 16.4. The van der Waals surface area contributed by atoms with E-state index in [0.717, 1.165) is 12.8 Å². The summed E-state index contributed by atoms with van der Waals surface area (Å²) in [5, 5.41) is 11.9. The van der Waals surface area contributed by atoms with Crippen LogP contribution < -0.4 is 5.32 Å². The molecule has 0 bridgehead atoms. The standard InChI is InChI=1S/C19H20N2O3/c1-12-16(19(23)24)7-8-17(21-12)18(22)20-11-13-9-15(10-13)14-5-3-2-4-6-14/h2-8,13,15H,9-11H2,1H3,(H,20,22)(H,23,24). The number of aryl methyl sites for hydroxylation is 1. The zero-order valence-electron chi connectivity index (χ0n) is 13.5. The summed E-state index contributed by atoms with van der Waals surface area (Å²) in [5.41, 5.74) is 2.09. The number of carboxylic acid groups (broad SMARTS) is 1. The van der Waals surface area contributed by atoms with E-state index in [1.807, 2.05) is 6.07 Å². The molecule has 0 unspecified atom stereocenters. The third-order valence-corrected chi connectivity index (χ3v) is 4.61. The molecule has 1 amide bonds. The number of carbonyl (C=O) groups is 2. The van der Waals surface area contributed by atoms with Crippen molar-refractivity contribution in [3.8, 4) is 0 Å². The fourth-order valence-electron chi connectivity index (χ4n) is 3.14. The minimum Gasteiger partial charge on any atom is -0.478 e. The van der Waals surface area contributed by atoms with Gasteiger partial charge < -0.3 is 10.4 Å². The fourth-order valence-corrected chi connectivity index (χ4v) is 3.14. The van der Waals surface area contributed by atoms with Gasteiger partial charge in [0.2, 0.25) is 0 Å². The number of rotatable bonds is 5. The van der Waals surface area contributed by atoms with Crippen LogP contribution in [0.15, 0.2) is 42.5 Å². The van der Waals surface area contributed by atoms with Gasteiger partial charge in [0, 0.05) is 6.54 Å². The molecule has 1 aliphatic rings. The van der Waals surface area contributed by atoms with Gasteiger partial charge in [-0.2, -0.15) is 0 Å². The molecule has 0 saturated heterocycles. The smallest absolute Gasteiger partial charge is 0.337 e. The van der Waals surface area contributed by atoms with Crippen molar-refractivity contribution in [2.45, 2.75) is 25.7 Å². The van der Waals surface area contributed by atoms with Crippen LogP contribution in [0.25, 0.3) is 0 Å². The number of nitrogens with zero attached hydrogens (tertiary/aromatic N) is 1. The number of carbonyl (C=O) groups excluding carboxylic acids is 1. The molecule has 0 spiro atoms. The summed E-state index contributed by atoms with van der Waals surface area (Å²) in [6.45, 7) is 2.22. The number of hydrogen-bond donors (Lipinski definition) is 2. The van der Waals surface area contributed by atoms with Crippen molar-refractivity contribution in [3.05, 3.63) is 65.0 Å². The Morgan fingerprint density at radius 1 is 1.17 bits per heavy atom. The molecular weight excluding hydrogens is 304 g/mol.